The van der Waals surface area contributed by atoms with Crippen molar-refractivity contribution in [1.82, 2.24) is 10.3 Å². The van der Waals surface area contributed by atoms with Gasteiger partial charge in [0.2, 0.25) is 0 Å². The Kier molecular flexibility index (Phi) is 3.64. The Morgan fingerprint density at radius 2 is 1.89 bits per heavy atom. The van der Waals surface area contributed by atoms with E-state index in [0.29, 0.717) is 6.04 Å². The summed E-state index contributed by atoms with van der Waals surface area (Å²) < 4.78 is 0. The minimum absolute atomic E-state index is 0.455. The highest BCUT2D eigenvalue weighted by Crippen LogP contribution is 2.44. The molecular weight excluding hydrogens is 220 g/mol. The first kappa shape index (κ1) is 12.2. The lowest BCUT2D eigenvalue weighted by atomic mass is 9.82. The van der Waals surface area contributed by atoms with E-state index in [9.17, 15) is 0 Å². The van der Waals surface area contributed by atoms with Gasteiger partial charge in [-0.2, -0.15) is 0 Å². The Hall–Kier alpha value is -0.890. The predicted molar refractivity (Wildman–Crippen MR) is 74.3 cm³/mol. The third kappa shape index (κ3) is 2.92. The first-order valence-corrected chi connectivity index (χ1v) is 7.49. The molecule has 0 spiro atoms. The first-order valence-electron chi connectivity index (χ1n) is 7.49. The van der Waals surface area contributed by atoms with Crippen LogP contribution in [0.1, 0.15) is 57.1 Å². The van der Waals surface area contributed by atoms with Crippen molar-refractivity contribution in [3.63, 3.8) is 0 Å². The summed E-state index contributed by atoms with van der Waals surface area (Å²) in [5.74, 6) is 2.09. The molecule has 18 heavy (non-hydrogen) atoms. The molecule has 0 aromatic carbocycles. The van der Waals surface area contributed by atoms with Crippen molar-refractivity contribution in [2.24, 2.45) is 11.8 Å². The maximum atomic E-state index is 4.09. The molecule has 3 rings (SSSR count). The zero-order chi connectivity index (χ0) is 12.4. The number of nitrogens with one attached hydrogen (secondary N) is 1. The minimum Gasteiger partial charge on any atom is -0.307 e. The fraction of sp³-hybridized carbons (Fsp3) is 0.688. The average molecular weight is 244 g/mol. The Morgan fingerprint density at radius 1 is 1.11 bits per heavy atom. The smallest absolute Gasteiger partial charge is 0.0295 e. The Balaban J connectivity index is 1.55. The van der Waals surface area contributed by atoms with Gasteiger partial charge in [-0.05, 0) is 62.1 Å². The van der Waals surface area contributed by atoms with Gasteiger partial charge in [0, 0.05) is 24.5 Å². The third-order valence-corrected chi connectivity index (χ3v) is 4.70. The summed E-state index contributed by atoms with van der Waals surface area (Å²) in [5.41, 5.74) is 1.36. The third-order valence-electron chi connectivity index (χ3n) is 4.70. The van der Waals surface area contributed by atoms with Crippen LogP contribution < -0.4 is 5.32 Å². The average Bonchev–Trinajstić information content (AvgIpc) is 3.24. The molecule has 0 amide bonds. The number of pyridine rings is 1. The fourth-order valence-electron chi connectivity index (χ4n) is 3.48. The largest absolute Gasteiger partial charge is 0.307 e. The van der Waals surface area contributed by atoms with Gasteiger partial charge in [-0.3, -0.25) is 4.98 Å². The molecule has 2 fully saturated rings. The molecule has 2 heteroatoms. The number of aromatic nitrogens is 1. The first-order chi connectivity index (χ1) is 8.83. The van der Waals surface area contributed by atoms with Gasteiger partial charge in [0.25, 0.3) is 0 Å². The maximum Gasteiger partial charge on any atom is 0.0295 e. The summed E-state index contributed by atoms with van der Waals surface area (Å²) in [6, 6.07) is 5.43. The number of rotatable bonds is 4. The topological polar surface area (TPSA) is 24.9 Å². The zero-order valence-corrected chi connectivity index (χ0v) is 11.3. The molecule has 1 heterocycles. The second-order valence-corrected chi connectivity index (χ2v) is 6.13. The van der Waals surface area contributed by atoms with E-state index in [0.717, 1.165) is 17.9 Å². The molecule has 2 unspecified atom stereocenters. The van der Waals surface area contributed by atoms with E-state index in [4.69, 9.17) is 0 Å². The van der Waals surface area contributed by atoms with Crippen molar-refractivity contribution in [2.45, 2.75) is 57.5 Å². The lowest BCUT2D eigenvalue weighted by molar-refractivity contribution is 0.249. The van der Waals surface area contributed by atoms with Crippen LogP contribution in [0.3, 0.4) is 0 Å². The van der Waals surface area contributed by atoms with Crippen LogP contribution in [0.2, 0.25) is 0 Å². The molecule has 1 aromatic rings. The quantitative estimate of drug-likeness (QED) is 0.873. The van der Waals surface area contributed by atoms with Crippen molar-refractivity contribution in [2.75, 3.05) is 0 Å². The SMILES string of the molecule is C[C@H](NC1CCCC(C2CC2)C1)c1ccncc1. The number of hydrogen-bond donors (Lipinski definition) is 1. The lowest BCUT2D eigenvalue weighted by Gasteiger charge is -2.32. The van der Waals surface area contributed by atoms with E-state index >= 15 is 0 Å². The van der Waals surface area contributed by atoms with E-state index in [1.807, 2.05) is 12.4 Å². The summed E-state index contributed by atoms with van der Waals surface area (Å²) in [6.45, 7) is 2.27. The zero-order valence-electron chi connectivity index (χ0n) is 11.3. The molecule has 2 saturated carbocycles. The van der Waals surface area contributed by atoms with E-state index in [1.54, 1.807) is 0 Å². The maximum absolute atomic E-state index is 4.09. The monoisotopic (exact) mass is 244 g/mol. The normalized spacial score (nSPS) is 30.1. The van der Waals surface area contributed by atoms with E-state index < -0.39 is 0 Å². The van der Waals surface area contributed by atoms with Crippen LogP contribution in [0, 0.1) is 11.8 Å². The van der Waals surface area contributed by atoms with Crippen molar-refractivity contribution in [3.05, 3.63) is 30.1 Å². The van der Waals surface area contributed by atoms with Gasteiger partial charge in [0.05, 0.1) is 0 Å². The van der Waals surface area contributed by atoms with Crippen LogP contribution in [0.4, 0.5) is 0 Å². The molecule has 2 aliphatic carbocycles. The highest BCUT2D eigenvalue weighted by Gasteiger charge is 2.34. The molecule has 2 aliphatic rings. The summed E-state index contributed by atoms with van der Waals surface area (Å²) in [5, 5.41) is 3.82. The van der Waals surface area contributed by atoms with Gasteiger partial charge < -0.3 is 5.32 Å². The van der Waals surface area contributed by atoms with Gasteiger partial charge in [-0.15, -0.1) is 0 Å². The fourth-order valence-corrected chi connectivity index (χ4v) is 3.48. The molecule has 0 bridgehead atoms. The highest BCUT2D eigenvalue weighted by molar-refractivity contribution is 5.14. The molecule has 0 saturated heterocycles. The minimum atomic E-state index is 0.455. The molecule has 3 atom stereocenters. The Labute approximate surface area is 110 Å². The van der Waals surface area contributed by atoms with Crippen LogP contribution in [-0.4, -0.2) is 11.0 Å². The van der Waals surface area contributed by atoms with Crippen LogP contribution in [0.5, 0.6) is 0 Å². The second kappa shape index (κ2) is 5.40. The lowest BCUT2D eigenvalue weighted by Crippen LogP contribution is -2.36. The van der Waals surface area contributed by atoms with Gasteiger partial charge in [-0.25, -0.2) is 0 Å². The van der Waals surface area contributed by atoms with Crippen LogP contribution in [-0.2, 0) is 0 Å². The molecule has 1 aromatic heterocycles. The second-order valence-electron chi connectivity index (χ2n) is 6.13. The molecule has 0 radical (unpaired) electrons. The van der Waals surface area contributed by atoms with Crippen molar-refractivity contribution in [1.29, 1.82) is 0 Å². The standard InChI is InChI=1S/C16H24N2/c1-12(13-7-9-17-10-8-13)18-16-4-2-3-15(11-16)14-5-6-14/h7-10,12,14-16,18H,2-6,11H2,1H3/t12-,15?,16?/m0/s1. The van der Waals surface area contributed by atoms with Crippen LogP contribution >= 0.6 is 0 Å². The summed E-state index contributed by atoms with van der Waals surface area (Å²) in [6.07, 6.45) is 12.4. The Morgan fingerprint density at radius 3 is 2.61 bits per heavy atom. The van der Waals surface area contributed by atoms with Crippen molar-refractivity contribution in [3.8, 4) is 0 Å². The molecule has 1 N–H and O–H groups in total. The van der Waals surface area contributed by atoms with Gasteiger partial charge >= 0.3 is 0 Å². The van der Waals surface area contributed by atoms with Crippen molar-refractivity contribution >= 4 is 0 Å². The van der Waals surface area contributed by atoms with Crippen LogP contribution in [0.15, 0.2) is 24.5 Å². The van der Waals surface area contributed by atoms with E-state index in [2.05, 4.69) is 29.4 Å². The molecule has 0 aliphatic heterocycles. The van der Waals surface area contributed by atoms with Gasteiger partial charge in [0.1, 0.15) is 0 Å². The van der Waals surface area contributed by atoms with E-state index in [-0.39, 0.29) is 0 Å². The molecular formula is C16H24N2. The van der Waals surface area contributed by atoms with E-state index in [1.165, 1.54) is 44.1 Å². The van der Waals surface area contributed by atoms with Crippen molar-refractivity contribution < 1.29 is 0 Å². The predicted octanol–water partition coefficient (Wildman–Crippen LogP) is 3.70. The summed E-state index contributed by atoms with van der Waals surface area (Å²) >= 11 is 0. The number of nitrogens with zero attached hydrogens (tertiary/aromatic N) is 1. The Bertz CT molecular complexity index is 372. The highest BCUT2D eigenvalue weighted by atomic mass is 14.9. The van der Waals surface area contributed by atoms with Crippen LogP contribution in [0.25, 0.3) is 0 Å². The van der Waals surface area contributed by atoms with Gasteiger partial charge in [0.15, 0.2) is 0 Å². The molecule has 98 valence electrons. The number of hydrogen-bond acceptors (Lipinski definition) is 2. The summed E-state index contributed by atoms with van der Waals surface area (Å²) in [7, 11) is 0. The molecule has 2 nitrogen and oxygen atoms in total. The summed E-state index contributed by atoms with van der Waals surface area (Å²) in [4.78, 5) is 4.09. The van der Waals surface area contributed by atoms with Gasteiger partial charge in [-0.1, -0.05) is 12.8 Å².